The van der Waals surface area contributed by atoms with Gasteiger partial charge in [0.25, 0.3) is 0 Å². The minimum Gasteiger partial charge on any atom is -0.481 e. The number of hydrogen-bond donors (Lipinski definition) is 2. The largest absolute Gasteiger partial charge is 0.481 e. The molecule has 128 valence electrons. The normalized spacial score (nSPS) is 22.4. The monoisotopic (exact) mass is 320 g/mol. The van der Waals surface area contributed by atoms with Crippen LogP contribution in [0.2, 0.25) is 0 Å². The number of anilines is 2. The van der Waals surface area contributed by atoms with E-state index in [0.717, 1.165) is 30.2 Å². The number of aliphatic hydroxyl groups excluding tert-OH is 1. The molecule has 5 nitrogen and oxygen atoms in total. The summed E-state index contributed by atoms with van der Waals surface area (Å²) in [7, 11) is 0. The van der Waals surface area contributed by atoms with Gasteiger partial charge in [0.1, 0.15) is 11.4 Å². The van der Waals surface area contributed by atoms with Gasteiger partial charge in [-0.2, -0.15) is 0 Å². The Morgan fingerprint density at radius 3 is 2.83 bits per heavy atom. The molecule has 0 spiro atoms. The van der Waals surface area contributed by atoms with Crippen LogP contribution in [0.5, 0.6) is 5.75 Å². The Morgan fingerprint density at radius 2 is 2.13 bits per heavy atom. The summed E-state index contributed by atoms with van der Waals surface area (Å²) in [6.45, 7) is 7.92. The lowest BCUT2D eigenvalue weighted by Gasteiger charge is -2.45. The molecule has 1 unspecified atom stereocenters. The van der Waals surface area contributed by atoms with Crippen molar-refractivity contribution in [2.75, 3.05) is 30.0 Å². The average Bonchev–Trinajstić information content (AvgIpc) is 3.31. The molecule has 1 saturated carbocycles. The molecular formula is C18H28N2O3. The number of fused-ring (bicyclic) bond motifs is 1. The van der Waals surface area contributed by atoms with E-state index in [2.05, 4.69) is 24.4 Å². The van der Waals surface area contributed by atoms with Crippen molar-refractivity contribution in [1.29, 1.82) is 0 Å². The van der Waals surface area contributed by atoms with E-state index in [0.29, 0.717) is 19.2 Å². The third kappa shape index (κ3) is 3.72. The van der Waals surface area contributed by atoms with Gasteiger partial charge in [-0.25, -0.2) is 0 Å². The molecule has 0 bridgehead atoms. The lowest BCUT2D eigenvalue weighted by Crippen LogP contribution is -2.56. The van der Waals surface area contributed by atoms with E-state index < -0.39 is 11.8 Å². The summed E-state index contributed by atoms with van der Waals surface area (Å²) < 4.78 is 11.6. The Morgan fingerprint density at radius 1 is 1.35 bits per heavy atom. The average molecular weight is 320 g/mol. The van der Waals surface area contributed by atoms with Gasteiger partial charge in [0, 0.05) is 24.9 Å². The third-order valence-corrected chi connectivity index (χ3v) is 4.33. The molecule has 1 aromatic rings. The van der Waals surface area contributed by atoms with Crippen LogP contribution >= 0.6 is 0 Å². The first-order valence-corrected chi connectivity index (χ1v) is 8.63. The van der Waals surface area contributed by atoms with Crippen molar-refractivity contribution in [3.8, 4) is 5.75 Å². The van der Waals surface area contributed by atoms with Crippen molar-refractivity contribution in [3.63, 3.8) is 0 Å². The van der Waals surface area contributed by atoms with Gasteiger partial charge in [0.15, 0.2) is 6.23 Å². The Labute approximate surface area is 138 Å². The summed E-state index contributed by atoms with van der Waals surface area (Å²) in [5.74, 6) is 0.817. The summed E-state index contributed by atoms with van der Waals surface area (Å²) >= 11 is 0. The number of ether oxygens (including phenoxy) is 2. The highest BCUT2D eigenvalue weighted by atomic mass is 16.5. The van der Waals surface area contributed by atoms with Crippen LogP contribution < -0.4 is 15.0 Å². The molecule has 0 saturated heterocycles. The predicted molar refractivity (Wildman–Crippen MR) is 92.3 cm³/mol. The first-order chi connectivity index (χ1) is 11.0. The topological polar surface area (TPSA) is 54.0 Å². The molecule has 1 aliphatic carbocycles. The zero-order valence-electron chi connectivity index (χ0n) is 14.3. The van der Waals surface area contributed by atoms with E-state index in [-0.39, 0.29) is 0 Å². The van der Waals surface area contributed by atoms with Crippen LogP contribution in [0.4, 0.5) is 11.4 Å². The van der Waals surface area contributed by atoms with Gasteiger partial charge in [-0.3, -0.25) is 0 Å². The maximum absolute atomic E-state index is 10.7. The smallest absolute Gasteiger partial charge is 0.166 e. The van der Waals surface area contributed by atoms with Crippen molar-refractivity contribution in [3.05, 3.63) is 18.2 Å². The summed E-state index contributed by atoms with van der Waals surface area (Å²) in [6, 6.07) is 6.72. The number of nitrogens with one attached hydrogen (secondary N) is 1. The number of hydrogen-bond acceptors (Lipinski definition) is 5. The van der Waals surface area contributed by atoms with Gasteiger partial charge in [0.05, 0.1) is 12.3 Å². The summed E-state index contributed by atoms with van der Waals surface area (Å²) in [4.78, 5) is 1.99. The van der Waals surface area contributed by atoms with Gasteiger partial charge in [0.2, 0.25) is 0 Å². The molecule has 0 aromatic heterocycles. The van der Waals surface area contributed by atoms with Crippen molar-refractivity contribution in [1.82, 2.24) is 0 Å². The first kappa shape index (κ1) is 16.4. The minimum atomic E-state index is -0.698. The maximum Gasteiger partial charge on any atom is 0.166 e. The number of benzene rings is 1. The Balaban J connectivity index is 1.80. The minimum absolute atomic E-state index is 0.597. The van der Waals surface area contributed by atoms with Crippen LogP contribution in [0.25, 0.3) is 0 Å². The van der Waals surface area contributed by atoms with E-state index in [9.17, 15) is 5.11 Å². The molecule has 1 atom stereocenters. The third-order valence-electron chi connectivity index (χ3n) is 4.33. The first-order valence-electron chi connectivity index (χ1n) is 8.63. The van der Waals surface area contributed by atoms with Crippen molar-refractivity contribution in [2.24, 2.45) is 0 Å². The van der Waals surface area contributed by atoms with Crippen LogP contribution in [-0.4, -0.2) is 42.7 Å². The van der Waals surface area contributed by atoms with E-state index in [1.165, 1.54) is 12.8 Å². The highest BCUT2D eigenvalue weighted by Gasteiger charge is 2.40. The fourth-order valence-corrected chi connectivity index (χ4v) is 2.88. The van der Waals surface area contributed by atoms with E-state index in [1.54, 1.807) is 0 Å². The van der Waals surface area contributed by atoms with Crippen LogP contribution in [0, 0.1) is 0 Å². The molecule has 1 fully saturated rings. The van der Waals surface area contributed by atoms with Crippen LogP contribution in [0.3, 0.4) is 0 Å². The number of rotatable bonds is 7. The fraction of sp³-hybridized carbons (Fsp3) is 0.667. The van der Waals surface area contributed by atoms with Crippen LogP contribution in [-0.2, 0) is 4.74 Å². The molecule has 0 radical (unpaired) electrons. The standard InChI is InChI=1S/C18H28N2O3/c1-4-10-22-11-9-20-15-12-14(19-13-5-6-13)7-8-16(15)23-18(2,3)17(20)21/h7-8,12-13,17,19,21H,4-6,9-11H2,1-3H3. The Hall–Kier alpha value is -1.46. The van der Waals surface area contributed by atoms with Gasteiger partial charge in [-0.15, -0.1) is 0 Å². The molecule has 0 amide bonds. The molecule has 1 aliphatic heterocycles. The number of aliphatic hydroxyl groups is 1. The van der Waals surface area contributed by atoms with E-state index >= 15 is 0 Å². The maximum atomic E-state index is 10.7. The molecule has 3 rings (SSSR count). The van der Waals surface area contributed by atoms with Gasteiger partial charge >= 0.3 is 0 Å². The second-order valence-corrected chi connectivity index (χ2v) is 6.99. The fourth-order valence-electron chi connectivity index (χ4n) is 2.88. The van der Waals surface area contributed by atoms with Crippen molar-refractivity contribution < 1.29 is 14.6 Å². The zero-order chi connectivity index (χ0) is 16.4. The molecule has 1 aromatic carbocycles. The van der Waals surface area contributed by atoms with E-state index in [1.807, 2.05) is 24.8 Å². The lowest BCUT2D eigenvalue weighted by atomic mass is 10.0. The summed E-state index contributed by atoms with van der Waals surface area (Å²) in [6.07, 6.45) is 2.77. The Bertz CT molecular complexity index is 543. The zero-order valence-corrected chi connectivity index (χ0v) is 14.3. The predicted octanol–water partition coefficient (Wildman–Crippen LogP) is 2.98. The van der Waals surface area contributed by atoms with Crippen LogP contribution in [0.15, 0.2) is 18.2 Å². The molecule has 23 heavy (non-hydrogen) atoms. The Kier molecular flexibility index (Phi) is 4.69. The molecule has 2 N–H and O–H groups in total. The molecule has 2 aliphatic rings. The summed E-state index contributed by atoms with van der Waals surface area (Å²) in [5, 5.41) is 14.2. The van der Waals surface area contributed by atoms with Crippen molar-refractivity contribution in [2.45, 2.75) is 57.9 Å². The molecule has 1 heterocycles. The van der Waals surface area contributed by atoms with Crippen LogP contribution in [0.1, 0.15) is 40.0 Å². The quantitative estimate of drug-likeness (QED) is 0.757. The second-order valence-electron chi connectivity index (χ2n) is 6.99. The number of nitrogens with zero attached hydrogens (tertiary/aromatic N) is 1. The highest BCUT2D eigenvalue weighted by Crippen LogP contribution is 2.41. The van der Waals surface area contributed by atoms with Gasteiger partial charge in [-0.1, -0.05) is 6.92 Å². The molecule has 5 heteroatoms. The van der Waals surface area contributed by atoms with Gasteiger partial charge < -0.3 is 24.8 Å². The van der Waals surface area contributed by atoms with E-state index in [4.69, 9.17) is 9.47 Å². The molecular weight excluding hydrogens is 292 g/mol. The summed E-state index contributed by atoms with van der Waals surface area (Å²) in [5.41, 5.74) is 1.37. The second kappa shape index (κ2) is 6.57. The van der Waals surface area contributed by atoms with Gasteiger partial charge in [-0.05, 0) is 51.3 Å². The lowest BCUT2D eigenvalue weighted by molar-refractivity contribution is -0.0427. The highest BCUT2D eigenvalue weighted by molar-refractivity contribution is 5.68. The van der Waals surface area contributed by atoms with Crippen molar-refractivity contribution >= 4 is 11.4 Å². The SMILES string of the molecule is CCCOCCN1c2cc(NC3CC3)ccc2OC(C)(C)C1O.